The van der Waals surface area contributed by atoms with Crippen molar-refractivity contribution in [2.24, 2.45) is 0 Å². The molecule has 0 amide bonds. The zero-order chi connectivity index (χ0) is 18.4. The minimum absolute atomic E-state index is 0.176. The Morgan fingerprint density at radius 1 is 0.875 bits per heavy atom. The van der Waals surface area contributed by atoms with Crippen molar-refractivity contribution < 1.29 is 17.6 Å². The Hall–Kier alpha value is -1.42. The molecule has 2 rings (SSSR count). The molecular weight excluding hydrogens is 339 g/mol. The van der Waals surface area contributed by atoms with Gasteiger partial charge in [-0.15, -0.1) is 0 Å². The van der Waals surface area contributed by atoms with Crippen LogP contribution in [0.25, 0.3) is 5.69 Å². The van der Waals surface area contributed by atoms with Crippen LogP contribution in [0.2, 0.25) is 0 Å². The second kappa shape index (κ2) is 6.14. The lowest BCUT2D eigenvalue weighted by Gasteiger charge is -2.40. The Kier molecular flexibility index (Phi) is 4.84. The minimum atomic E-state index is -1.82. The Morgan fingerprint density at radius 2 is 1.42 bits per heavy atom. The van der Waals surface area contributed by atoms with Crippen molar-refractivity contribution in [3.05, 3.63) is 41.7 Å². The van der Waals surface area contributed by atoms with Crippen LogP contribution in [-0.4, -0.2) is 19.9 Å². The predicted molar refractivity (Wildman–Crippen MR) is 89.5 cm³/mol. The van der Waals surface area contributed by atoms with Crippen molar-refractivity contribution in [1.29, 1.82) is 0 Å². The number of hydrogen-bond donors (Lipinski definition) is 0. The van der Waals surface area contributed by atoms with Gasteiger partial charge in [-0.25, -0.2) is 22.5 Å². The third-order valence-electron chi connectivity index (χ3n) is 3.51. The molecule has 0 saturated carbocycles. The highest BCUT2D eigenvalue weighted by Crippen LogP contribution is 2.58. The normalized spacial score (nSPS) is 13.0. The molecule has 0 aliphatic carbocycles. The molecule has 0 spiro atoms. The molecular formula is C17H21F4N2P. The average Bonchev–Trinajstić information content (AvgIpc) is 2.85. The monoisotopic (exact) mass is 360 g/mol. The van der Waals surface area contributed by atoms with Gasteiger partial charge in [0.15, 0.2) is 23.3 Å². The highest BCUT2D eigenvalue weighted by Gasteiger charge is 2.39. The van der Waals surface area contributed by atoms with E-state index in [4.69, 9.17) is 0 Å². The fraction of sp³-hybridized carbons (Fsp3) is 0.471. The summed E-state index contributed by atoms with van der Waals surface area (Å²) in [7, 11) is -0.938. The van der Waals surface area contributed by atoms with Gasteiger partial charge in [-0.05, 0) is 18.2 Å². The van der Waals surface area contributed by atoms with Crippen LogP contribution in [0.4, 0.5) is 17.6 Å². The van der Waals surface area contributed by atoms with Gasteiger partial charge in [0.05, 0.1) is 5.69 Å². The third kappa shape index (κ3) is 3.34. The topological polar surface area (TPSA) is 17.8 Å². The first-order valence-electron chi connectivity index (χ1n) is 7.52. The molecule has 0 atom stereocenters. The van der Waals surface area contributed by atoms with Gasteiger partial charge < -0.3 is 0 Å². The van der Waals surface area contributed by atoms with Crippen LogP contribution < -0.4 is 5.57 Å². The fourth-order valence-corrected chi connectivity index (χ4v) is 6.78. The number of halogens is 4. The van der Waals surface area contributed by atoms with Crippen LogP contribution in [-0.2, 0) is 0 Å². The van der Waals surface area contributed by atoms with Crippen LogP contribution in [0, 0.1) is 23.3 Å². The Labute approximate surface area is 140 Å². The molecule has 0 fully saturated rings. The third-order valence-corrected chi connectivity index (χ3v) is 6.92. The van der Waals surface area contributed by atoms with Gasteiger partial charge in [-0.3, -0.25) is 4.57 Å². The molecule has 1 aromatic carbocycles. The standard InChI is InChI=1S/C17H21F4N2P/c1-16(2,3)24(17(4,5)6)15-22-7-8-23(15)11-9-10(18)12(19)14(21)13(11)20/h7-9H,1-6H3. The van der Waals surface area contributed by atoms with Gasteiger partial charge >= 0.3 is 0 Å². The zero-order valence-electron chi connectivity index (χ0n) is 14.6. The van der Waals surface area contributed by atoms with Crippen molar-refractivity contribution in [3.63, 3.8) is 0 Å². The van der Waals surface area contributed by atoms with E-state index >= 15 is 0 Å². The summed E-state index contributed by atoms with van der Waals surface area (Å²) in [4.78, 5) is 4.34. The van der Waals surface area contributed by atoms with E-state index in [0.29, 0.717) is 11.6 Å². The molecule has 1 heterocycles. The van der Waals surface area contributed by atoms with Gasteiger partial charge in [0.25, 0.3) is 0 Å². The second-order valence-electron chi connectivity index (χ2n) is 7.59. The molecule has 0 aliphatic heterocycles. The predicted octanol–water partition coefficient (Wildman–Crippen LogP) is 5.13. The highest BCUT2D eigenvalue weighted by atomic mass is 31.1. The van der Waals surface area contributed by atoms with E-state index in [9.17, 15) is 17.6 Å². The number of nitrogens with zero attached hydrogens (tertiary/aromatic N) is 2. The Balaban J connectivity index is 2.72. The minimum Gasteiger partial charge on any atom is -0.297 e. The van der Waals surface area contributed by atoms with Crippen LogP contribution in [0.3, 0.4) is 0 Å². The van der Waals surface area contributed by atoms with Gasteiger partial charge in [-0.2, -0.15) is 0 Å². The smallest absolute Gasteiger partial charge is 0.199 e. The van der Waals surface area contributed by atoms with Crippen LogP contribution in [0.15, 0.2) is 18.5 Å². The lowest BCUT2D eigenvalue weighted by atomic mass is 10.2. The quantitative estimate of drug-likeness (QED) is 0.314. The zero-order valence-corrected chi connectivity index (χ0v) is 15.5. The Morgan fingerprint density at radius 3 is 1.92 bits per heavy atom. The number of hydrogen-bond acceptors (Lipinski definition) is 1. The molecule has 0 N–H and O–H groups in total. The molecule has 0 radical (unpaired) electrons. The first kappa shape index (κ1) is 18.9. The maximum atomic E-state index is 14.2. The van der Waals surface area contributed by atoms with Crippen molar-refractivity contribution in [3.8, 4) is 5.69 Å². The molecule has 1 aromatic heterocycles. The SMILES string of the molecule is CC(C)(C)P(c1nccn1-c1cc(F)c(F)c(F)c1F)C(C)(C)C. The van der Waals surface area contributed by atoms with E-state index in [-0.39, 0.29) is 16.0 Å². The largest absolute Gasteiger partial charge is 0.297 e. The first-order chi connectivity index (χ1) is 10.9. The lowest BCUT2D eigenvalue weighted by molar-refractivity contribution is 0.407. The highest BCUT2D eigenvalue weighted by molar-refractivity contribution is 7.68. The number of rotatable bonds is 2. The van der Waals surface area contributed by atoms with Crippen molar-refractivity contribution >= 4 is 13.5 Å². The summed E-state index contributed by atoms with van der Waals surface area (Å²) >= 11 is 0. The summed E-state index contributed by atoms with van der Waals surface area (Å²) in [6, 6.07) is 0.664. The fourth-order valence-electron chi connectivity index (χ4n) is 2.99. The molecule has 24 heavy (non-hydrogen) atoms. The maximum absolute atomic E-state index is 14.2. The van der Waals surface area contributed by atoms with Gasteiger partial charge in [0.2, 0.25) is 0 Å². The average molecular weight is 360 g/mol. The first-order valence-corrected chi connectivity index (χ1v) is 8.87. The summed E-state index contributed by atoms with van der Waals surface area (Å²) in [6.07, 6.45) is 2.90. The molecule has 2 nitrogen and oxygen atoms in total. The summed E-state index contributed by atoms with van der Waals surface area (Å²) in [6.45, 7) is 12.3. The summed E-state index contributed by atoms with van der Waals surface area (Å²) in [5.74, 6) is -6.49. The van der Waals surface area contributed by atoms with Crippen LogP contribution >= 0.6 is 7.92 Å². The summed E-state index contributed by atoms with van der Waals surface area (Å²) in [5.41, 5.74) is 0.161. The summed E-state index contributed by atoms with van der Waals surface area (Å²) < 4.78 is 56.0. The van der Waals surface area contributed by atoms with E-state index in [2.05, 4.69) is 4.98 Å². The molecule has 132 valence electrons. The van der Waals surface area contributed by atoms with Gasteiger partial charge in [-0.1, -0.05) is 41.5 Å². The van der Waals surface area contributed by atoms with E-state index in [1.807, 2.05) is 41.5 Å². The van der Waals surface area contributed by atoms with Gasteiger partial charge in [0, 0.05) is 18.5 Å². The van der Waals surface area contributed by atoms with Crippen molar-refractivity contribution in [1.82, 2.24) is 9.55 Å². The Bertz CT molecular complexity index is 743. The van der Waals surface area contributed by atoms with Crippen LogP contribution in [0.1, 0.15) is 41.5 Å². The molecule has 0 saturated heterocycles. The van der Waals surface area contributed by atoms with Crippen molar-refractivity contribution in [2.75, 3.05) is 0 Å². The van der Waals surface area contributed by atoms with E-state index < -0.39 is 31.2 Å². The van der Waals surface area contributed by atoms with E-state index in [1.54, 1.807) is 0 Å². The van der Waals surface area contributed by atoms with Crippen LogP contribution in [0.5, 0.6) is 0 Å². The van der Waals surface area contributed by atoms with Crippen molar-refractivity contribution in [2.45, 2.75) is 51.9 Å². The number of aromatic nitrogens is 2. The van der Waals surface area contributed by atoms with E-state index in [0.717, 1.165) is 0 Å². The molecule has 0 unspecified atom stereocenters. The van der Waals surface area contributed by atoms with Gasteiger partial charge in [0.1, 0.15) is 5.57 Å². The maximum Gasteiger partial charge on any atom is 0.199 e. The molecule has 0 bridgehead atoms. The molecule has 2 aromatic rings. The number of benzene rings is 1. The molecule has 0 aliphatic rings. The molecule has 7 heteroatoms. The lowest BCUT2D eigenvalue weighted by Crippen LogP contribution is -2.35. The second-order valence-corrected chi connectivity index (χ2v) is 11.3. The number of imidazole rings is 1. The van der Waals surface area contributed by atoms with E-state index in [1.165, 1.54) is 17.0 Å². The summed E-state index contributed by atoms with van der Waals surface area (Å²) in [5, 5.41) is -0.353.